The quantitative estimate of drug-likeness (QED) is 0.233. The number of pyridine rings is 1. The summed E-state index contributed by atoms with van der Waals surface area (Å²) >= 11 is 0. The average Bonchev–Trinajstić information content (AvgIpc) is 3.43. The van der Waals surface area contributed by atoms with Crippen LogP contribution >= 0.6 is 0 Å². The molecule has 3 N–H and O–H groups in total. The molecule has 0 spiro atoms. The topological polar surface area (TPSA) is 130 Å². The van der Waals surface area contributed by atoms with Crippen molar-refractivity contribution in [2.45, 2.75) is 25.6 Å². The number of aromatic nitrogens is 5. The number of carbonyl (C=O) groups excluding carboxylic acids is 1. The van der Waals surface area contributed by atoms with E-state index in [9.17, 15) is 18.4 Å². The van der Waals surface area contributed by atoms with E-state index in [1.165, 1.54) is 54.9 Å². The molecule has 0 saturated carbocycles. The van der Waals surface area contributed by atoms with Gasteiger partial charge in [-0.15, -0.1) is 0 Å². The Morgan fingerprint density at radius 1 is 1.09 bits per heavy atom. The standard InChI is InChI=1S/C30H27F3N8O3/c1-2-40-14-11-23(22(33)16-40)37-28-26-25(10-12-34-27(26)38-39-28)44-24-8-5-18(15-21(24)32)36-29(42)20-9-13-35-41(30(20)43)19-6-3-17(31)4-7-19/h3-10,12-13,15,22-23H,2,11,14,16H2,1H3,(H,36,42)(H2,34,37,38,39)/t22-,23-/m0/s1. The van der Waals surface area contributed by atoms with Crippen LogP contribution in [-0.2, 0) is 0 Å². The van der Waals surface area contributed by atoms with Crippen LogP contribution in [0.1, 0.15) is 23.7 Å². The number of halogens is 3. The van der Waals surface area contributed by atoms with E-state index in [1.54, 1.807) is 6.07 Å². The Bertz CT molecular complexity index is 1880. The highest BCUT2D eigenvalue weighted by Crippen LogP contribution is 2.35. The van der Waals surface area contributed by atoms with Gasteiger partial charge in [0.05, 0.1) is 11.7 Å². The Kier molecular flexibility index (Phi) is 7.98. The fourth-order valence-corrected chi connectivity index (χ4v) is 5.03. The Labute approximate surface area is 248 Å². The van der Waals surface area contributed by atoms with E-state index in [1.807, 2.05) is 11.8 Å². The van der Waals surface area contributed by atoms with Gasteiger partial charge < -0.3 is 20.3 Å². The number of hydrogen-bond donors (Lipinski definition) is 3. The van der Waals surface area contributed by atoms with Gasteiger partial charge >= 0.3 is 0 Å². The summed E-state index contributed by atoms with van der Waals surface area (Å²) in [6.45, 7) is 3.83. The van der Waals surface area contributed by atoms with Crippen LogP contribution in [0.25, 0.3) is 16.7 Å². The first kappa shape index (κ1) is 28.9. The maximum atomic E-state index is 15.2. The zero-order chi connectivity index (χ0) is 30.8. The summed E-state index contributed by atoms with van der Waals surface area (Å²) in [6, 6.07) is 11.1. The van der Waals surface area contributed by atoms with Crippen molar-refractivity contribution in [1.82, 2.24) is 29.9 Å². The van der Waals surface area contributed by atoms with Crippen molar-refractivity contribution in [3.8, 4) is 17.2 Å². The SMILES string of the molecule is CCN1CC[C@H](Nc2n[nH]c3nccc(Oc4ccc(NC(=O)c5ccnn(-c6ccc(F)cc6)c5=O)cc4F)c23)[C@@H](F)C1. The van der Waals surface area contributed by atoms with E-state index in [4.69, 9.17) is 4.74 Å². The predicted octanol–water partition coefficient (Wildman–Crippen LogP) is 4.67. The lowest BCUT2D eigenvalue weighted by molar-refractivity contribution is 0.102. The van der Waals surface area contributed by atoms with Crippen LogP contribution in [0.5, 0.6) is 11.5 Å². The lowest BCUT2D eigenvalue weighted by Gasteiger charge is -2.34. The number of fused-ring (bicyclic) bond motifs is 1. The van der Waals surface area contributed by atoms with Crippen LogP contribution in [0.3, 0.4) is 0 Å². The monoisotopic (exact) mass is 604 g/mol. The van der Waals surface area contributed by atoms with Gasteiger partial charge in [0.2, 0.25) is 0 Å². The third-order valence-electron chi connectivity index (χ3n) is 7.39. The van der Waals surface area contributed by atoms with E-state index in [2.05, 4.69) is 30.9 Å². The third-order valence-corrected chi connectivity index (χ3v) is 7.39. The molecule has 1 saturated heterocycles. The fraction of sp³-hybridized carbons (Fsp3) is 0.233. The molecule has 1 amide bonds. The summed E-state index contributed by atoms with van der Waals surface area (Å²) in [7, 11) is 0. The molecule has 0 bridgehead atoms. The maximum absolute atomic E-state index is 15.2. The summed E-state index contributed by atoms with van der Waals surface area (Å²) in [6.07, 6.45) is 2.21. The molecule has 14 heteroatoms. The Morgan fingerprint density at radius 2 is 1.91 bits per heavy atom. The molecule has 0 radical (unpaired) electrons. The molecular formula is C30H27F3N8O3. The molecule has 1 aliphatic heterocycles. The smallest absolute Gasteiger partial charge is 0.284 e. The Balaban J connectivity index is 1.19. The highest BCUT2D eigenvalue weighted by atomic mass is 19.1. The van der Waals surface area contributed by atoms with Gasteiger partial charge in [0, 0.05) is 43.3 Å². The molecular weight excluding hydrogens is 577 g/mol. The first-order chi connectivity index (χ1) is 21.3. The highest BCUT2D eigenvalue weighted by molar-refractivity contribution is 6.04. The number of likely N-dealkylation sites (tertiary alicyclic amines) is 1. The second-order valence-electron chi connectivity index (χ2n) is 10.2. The van der Waals surface area contributed by atoms with Crippen LogP contribution in [0, 0.1) is 11.6 Å². The highest BCUT2D eigenvalue weighted by Gasteiger charge is 2.30. The molecule has 0 unspecified atom stereocenters. The number of hydrogen-bond acceptors (Lipinski definition) is 8. The fourth-order valence-electron chi connectivity index (χ4n) is 5.03. The average molecular weight is 605 g/mol. The summed E-state index contributed by atoms with van der Waals surface area (Å²) in [4.78, 5) is 32.1. The van der Waals surface area contributed by atoms with Gasteiger partial charge in [-0.2, -0.15) is 14.9 Å². The number of aromatic amines is 1. The molecule has 44 heavy (non-hydrogen) atoms. The number of alkyl halides is 1. The van der Waals surface area contributed by atoms with Gasteiger partial charge in [0.15, 0.2) is 23.0 Å². The van der Waals surface area contributed by atoms with Crippen LogP contribution in [0.15, 0.2) is 71.8 Å². The number of nitrogens with one attached hydrogen (secondary N) is 3. The number of rotatable bonds is 8. The minimum Gasteiger partial charge on any atom is -0.453 e. The maximum Gasteiger partial charge on any atom is 0.284 e. The minimum atomic E-state index is -1.10. The molecule has 226 valence electrons. The van der Waals surface area contributed by atoms with Crippen molar-refractivity contribution in [2.24, 2.45) is 0 Å². The normalized spacial score (nSPS) is 17.0. The number of benzene rings is 2. The van der Waals surface area contributed by atoms with E-state index in [0.717, 1.165) is 23.8 Å². The molecule has 1 aliphatic rings. The zero-order valence-electron chi connectivity index (χ0n) is 23.4. The first-order valence-corrected chi connectivity index (χ1v) is 13.9. The second kappa shape index (κ2) is 12.2. The lowest BCUT2D eigenvalue weighted by Crippen LogP contribution is -2.47. The van der Waals surface area contributed by atoms with E-state index < -0.39 is 35.3 Å². The molecule has 6 rings (SSSR count). The summed E-state index contributed by atoms with van der Waals surface area (Å²) in [5.74, 6) is -1.64. The zero-order valence-corrected chi connectivity index (χ0v) is 23.4. The van der Waals surface area contributed by atoms with Gasteiger partial charge in [0.25, 0.3) is 11.5 Å². The van der Waals surface area contributed by atoms with Crippen LogP contribution < -0.4 is 20.9 Å². The Hall–Kier alpha value is -5.24. The number of amides is 1. The van der Waals surface area contributed by atoms with Crippen molar-refractivity contribution in [3.63, 3.8) is 0 Å². The first-order valence-electron chi connectivity index (χ1n) is 13.9. The molecule has 11 nitrogen and oxygen atoms in total. The molecule has 1 fully saturated rings. The summed E-state index contributed by atoms with van der Waals surface area (Å²) < 4.78 is 50.2. The van der Waals surface area contributed by atoms with Crippen LogP contribution in [0.2, 0.25) is 0 Å². The van der Waals surface area contributed by atoms with E-state index in [0.29, 0.717) is 29.8 Å². The van der Waals surface area contributed by atoms with E-state index >= 15 is 4.39 Å². The van der Waals surface area contributed by atoms with Gasteiger partial charge in [-0.05, 0) is 55.4 Å². The minimum absolute atomic E-state index is 0.0716. The number of anilines is 2. The lowest BCUT2D eigenvalue weighted by atomic mass is 10.0. The van der Waals surface area contributed by atoms with Gasteiger partial charge in [-0.3, -0.25) is 14.7 Å². The van der Waals surface area contributed by atoms with Crippen molar-refractivity contribution in [2.75, 3.05) is 30.3 Å². The number of carbonyl (C=O) groups is 1. The van der Waals surface area contributed by atoms with Gasteiger partial charge in [-0.25, -0.2) is 18.2 Å². The summed E-state index contributed by atoms with van der Waals surface area (Å²) in [5, 5.41) is 17.1. The van der Waals surface area contributed by atoms with Crippen molar-refractivity contribution in [3.05, 3.63) is 94.5 Å². The largest absolute Gasteiger partial charge is 0.453 e. The molecule has 4 heterocycles. The number of ether oxygens (including phenoxy) is 1. The molecule has 0 aliphatic carbocycles. The number of H-pyrrole nitrogens is 1. The van der Waals surface area contributed by atoms with Crippen molar-refractivity contribution in [1.29, 1.82) is 0 Å². The number of piperidine rings is 1. The van der Waals surface area contributed by atoms with Crippen LogP contribution in [-0.4, -0.2) is 67.6 Å². The number of nitrogens with zero attached hydrogens (tertiary/aromatic N) is 5. The van der Waals surface area contributed by atoms with E-state index in [-0.39, 0.29) is 28.4 Å². The Morgan fingerprint density at radius 3 is 2.66 bits per heavy atom. The predicted molar refractivity (Wildman–Crippen MR) is 157 cm³/mol. The van der Waals surface area contributed by atoms with Gasteiger partial charge in [0.1, 0.15) is 28.7 Å². The second-order valence-corrected chi connectivity index (χ2v) is 10.2. The van der Waals surface area contributed by atoms with Gasteiger partial charge in [-0.1, -0.05) is 6.92 Å². The third kappa shape index (κ3) is 5.83. The summed E-state index contributed by atoms with van der Waals surface area (Å²) in [5.41, 5.74) is -0.272. The molecule has 2 atom stereocenters. The molecule has 2 aromatic carbocycles. The van der Waals surface area contributed by atoms with Crippen LogP contribution in [0.4, 0.5) is 24.7 Å². The molecule has 3 aromatic heterocycles. The van der Waals surface area contributed by atoms with Crippen molar-refractivity contribution >= 4 is 28.4 Å². The molecule has 5 aromatic rings. The van der Waals surface area contributed by atoms with Crippen molar-refractivity contribution < 1.29 is 22.7 Å².